The summed E-state index contributed by atoms with van der Waals surface area (Å²) in [5, 5.41) is 11.2. The van der Waals surface area contributed by atoms with Gasteiger partial charge in [-0.2, -0.15) is 0 Å². The summed E-state index contributed by atoms with van der Waals surface area (Å²) in [6.45, 7) is -0.160. The fourth-order valence-corrected chi connectivity index (χ4v) is 1.14. The number of aliphatic hydroxyl groups is 1. The maximum atomic E-state index is 11.2. The van der Waals surface area contributed by atoms with Crippen LogP contribution in [0.2, 0.25) is 0 Å². The maximum absolute atomic E-state index is 11.2. The summed E-state index contributed by atoms with van der Waals surface area (Å²) in [7, 11) is 1.46. The summed E-state index contributed by atoms with van der Waals surface area (Å²) in [5.74, 6) is 5.08. The van der Waals surface area contributed by atoms with E-state index in [1.165, 1.54) is 7.11 Å². The van der Waals surface area contributed by atoms with Crippen molar-refractivity contribution in [2.75, 3.05) is 25.6 Å². The van der Waals surface area contributed by atoms with Crippen LogP contribution in [0.5, 0.6) is 0 Å². The lowest BCUT2D eigenvalue weighted by molar-refractivity contribution is -0.119. The predicted octanol–water partition coefficient (Wildman–Crippen LogP) is 0.615. The van der Waals surface area contributed by atoms with Gasteiger partial charge in [-0.1, -0.05) is 17.9 Å². The zero-order chi connectivity index (χ0) is 11.8. The van der Waals surface area contributed by atoms with Crippen molar-refractivity contribution in [2.45, 2.75) is 0 Å². The Morgan fingerprint density at radius 3 is 3.06 bits per heavy atom. The topological polar surface area (TPSA) is 58.6 Å². The third kappa shape index (κ3) is 4.13. The molecule has 0 bridgehead atoms. The molecule has 0 atom stereocenters. The SMILES string of the molecule is COCC(=O)Nc1cccc(C#CCO)c1. The fraction of sp³-hybridized carbons (Fsp3) is 0.250. The Kier molecular flexibility index (Phi) is 5.06. The molecule has 84 valence electrons. The zero-order valence-electron chi connectivity index (χ0n) is 8.99. The van der Waals surface area contributed by atoms with Gasteiger partial charge in [-0.25, -0.2) is 0 Å². The lowest BCUT2D eigenvalue weighted by Gasteiger charge is -2.04. The maximum Gasteiger partial charge on any atom is 0.250 e. The number of rotatable bonds is 3. The Bertz CT molecular complexity index is 418. The van der Waals surface area contributed by atoms with Gasteiger partial charge < -0.3 is 15.2 Å². The minimum atomic E-state index is -0.213. The normalized spacial score (nSPS) is 9.12. The Hall–Kier alpha value is -1.83. The van der Waals surface area contributed by atoms with Crippen LogP contribution in [0.3, 0.4) is 0 Å². The van der Waals surface area contributed by atoms with Crippen molar-refractivity contribution in [1.82, 2.24) is 0 Å². The molecule has 0 radical (unpaired) electrons. The minimum absolute atomic E-state index is 0.0204. The Morgan fingerprint density at radius 2 is 2.38 bits per heavy atom. The highest BCUT2D eigenvalue weighted by molar-refractivity contribution is 5.91. The number of carbonyl (C=O) groups is 1. The molecular formula is C12H13NO3. The second-order valence-corrected chi connectivity index (χ2v) is 3.02. The molecule has 0 aliphatic heterocycles. The number of hydrogen-bond donors (Lipinski definition) is 2. The van der Waals surface area contributed by atoms with E-state index in [0.717, 1.165) is 5.56 Å². The van der Waals surface area contributed by atoms with Crippen LogP contribution in [-0.4, -0.2) is 31.3 Å². The second-order valence-electron chi connectivity index (χ2n) is 3.02. The van der Waals surface area contributed by atoms with E-state index in [1.807, 2.05) is 0 Å². The summed E-state index contributed by atoms with van der Waals surface area (Å²) in [6.07, 6.45) is 0. The van der Waals surface area contributed by atoms with Gasteiger partial charge in [-0.3, -0.25) is 4.79 Å². The van der Waals surface area contributed by atoms with Crippen molar-refractivity contribution < 1.29 is 14.6 Å². The molecule has 0 aliphatic rings. The van der Waals surface area contributed by atoms with Gasteiger partial charge in [0.05, 0.1) is 0 Å². The molecule has 1 aromatic rings. The van der Waals surface area contributed by atoms with Gasteiger partial charge in [0, 0.05) is 18.4 Å². The van der Waals surface area contributed by atoms with E-state index < -0.39 is 0 Å². The van der Waals surface area contributed by atoms with Crippen LogP contribution in [0.25, 0.3) is 0 Å². The number of anilines is 1. The third-order valence-electron chi connectivity index (χ3n) is 1.73. The third-order valence-corrected chi connectivity index (χ3v) is 1.73. The second kappa shape index (κ2) is 6.62. The first kappa shape index (κ1) is 12.2. The van der Waals surface area contributed by atoms with Gasteiger partial charge in [0.1, 0.15) is 13.2 Å². The molecule has 4 nitrogen and oxygen atoms in total. The van der Waals surface area contributed by atoms with E-state index in [9.17, 15) is 4.79 Å². The van der Waals surface area contributed by atoms with E-state index >= 15 is 0 Å². The van der Waals surface area contributed by atoms with Gasteiger partial charge >= 0.3 is 0 Å². The fourth-order valence-electron chi connectivity index (χ4n) is 1.14. The number of aliphatic hydroxyl groups excluding tert-OH is 1. The molecule has 1 amide bonds. The van der Waals surface area contributed by atoms with Crippen LogP contribution in [0.15, 0.2) is 24.3 Å². The van der Waals surface area contributed by atoms with E-state index in [0.29, 0.717) is 5.69 Å². The molecule has 0 spiro atoms. The number of hydrogen-bond acceptors (Lipinski definition) is 3. The lowest BCUT2D eigenvalue weighted by Crippen LogP contribution is -2.17. The predicted molar refractivity (Wildman–Crippen MR) is 60.9 cm³/mol. The molecule has 0 unspecified atom stereocenters. The van der Waals surface area contributed by atoms with Crippen LogP contribution >= 0.6 is 0 Å². The molecule has 4 heteroatoms. The highest BCUT2D eigenvalue weighted by atomic mass is 16.5. The van der Waals surface area contributed by atoms with Crippen molar-refractivity contribution >= 4 is 11.6 Å². The van der Waals surface area contributed by atoms with Crippen molar-refractivity contribution in [3.63, 3.8) is 0 Å². The molecule has 0 fully saturated rings. The van der Waals surface area contributed by atoms with Crippen molar-refractivity contribution in [3.05, 3.63) is 29.8 Å². The van der Waals surface area contributed by atoms with Crippen LogP contribution in [0.4, 0.5) is 5.69 Å². The molecule has 0 saturated carbocycles. The van der Waals surface area contributed by atoms with Gasteiger partial charge in [0.25, 0.3) is 0 Å². The lowest BCUT2D eigenvalue weighted by atomic mass is 10.2. The molecule has 0 aromatic heterocycles. The number of methoxy groups -OCH3 is 1. The van der Waals surface area contributed by atoms with Crippen molar-refractivity contribution in [1.29, 1.82) is 0 Å². The summed E-state index contributed by atoms with van der Waals surface area (Å²) in [5.41, 5.74) is 1.40. The smallest absolute Gasteiger partial charge is 0.250 e. The first-order chi connectivity index (χ1) is 7.76. The van der Waals surface area contributed by atoms with E-state index in [1.54, 1.807) is 24.3 Å². The molecule has 1 rings (SSSR count). The van der Waals surface area contributed by atoms with E-state index in [4.69, 9.17) is 9.84 Å². The van der Waals surface area contributed by atoms with Crippen molar-refractivity contribution in [2.24, 2.45) is 0 Å². The van der Waals surface area contributed by atoms with Gasteiger partial charge in [-0.15, -0.1) is 0 Å². The average molecular weight is 219 g/mol. The molecule has 2 N–H and O–H groups in total. The average Bonchev–Trinajstić information content (AvgIpc) is 2.27. The first-order valence-corrected chi connectivity index (χ1v) is 4.75. The first-order valence-electron chi connectivity index (χ1n) is 4.75. The number of amides is 1. The van der Waals surface area contributed by atoms with Crippen LogP contribution in [0, 0.1) is 11.8 Å². The monoisotopic (exact) mass is 219 g/mol. The van der Waals surface area contributed by atoms with Crippen LogP contribution in [-0.2, 0) is 9.53 Å². The zero-order valence-corrected chi connectivity index (χ0v) is 8.99. The van der Waals surface area contributed by atoms with Crippen molar-refractivity contribution in [3.8, 4) is 11.8 Å². The van der Waals surface area contributed by atoms with Crippen LogP contribution in [0.1, 0.15) is 5.56 Å². The van der Waals surface area contributed by atoms with E-state index in [2.05, 4.69) is 17.2 Å². The number of nitrogens with one attached hydrogen (secondary N) is 1. The summed E-state index contributed by atoms with van der Waals surface area (Å²) in [6, 6.07) is 7.08. The molecular weight excluding hydrogens is 206 g/mol. The number of ether oxygens (including phenoxy) is 1. The highest BCUT2D eigenvalue weighted by Crippen LogP contribution is 2.09. The summed E-state index contributed by atoms with van der Waals surface area (Å²) in [4.78, 5) is 11.2. The summed E-state index contributed by atoms with van der Waals surface area (Å²) < 4.78 is 4.70. The highest BCUT2D eigenvalue weighted by Gasteiger charge is 2.00. The number of benzene rings is 1. The molecule has 16 heavy (non-hydrogen) atoms. The Balaban J connectivity index is 2.71. The summed E-state index contributed by atoms with van der Waals surface area (Å²) >= 11 is 0. The largest absolute Gasteiger partial charge is 0.384 e. The molecule has 0 heterocycles. The van der Waals surface area contributed by atoms with Crippen LogP contribution < -0.4 is 5.32 Å². The van der Waals surface area contributed by atoms with E-state index in [-0.39, 0.29) is 19.1 Å². The van der Waals surface area contributed by atoms with Gasteiger partial charge in [0.15, 0.2) is 0 Å². The van der Waals surface area contributed by atoms with Gasteiger partial charge in [0.2, 0.25) is 5.91 Å². The number of carbonyl (C=O) groups excluding carboxylic acids is 1. The van der Waals surface area contributed by atoms with Gasteiger partial charge in [-0.05, 0) is 18.2 Å². The Labute approximate surface area is 94.2 Å². The Morgan fingerprint density at radius 1 is 1.56 bits per heavy atom. The minimum Gasteiger partial charge on any atom is -0.384 e. The standard InChI is InChI=1S/C12H13NO3/c1-16-9-12(15)13-11-6-2-4-10(8-11)5-3-7-14/h2,4,6,8,14H,7,9H2,1H3,(H,13,15). The quantitative estimate of drug-likeness (QED) is 0.732. The molecule has 0 saturated heterocycles. The molecule has 0 aliphatic carbocycles. The molecule has 1 aromatic carbocycles.